The SMILES string of the molecule is CCOC(=O)C1=C(COC(=O)c2ccc(OC(F)F)cc2)NC(=O)N[C@@H]1CC. The van der Waals surface area contributed by atoms with Gasteiger partial charge in [0.25, 0.3) is 0 Å². The third kappa shape index (κ3) is 5.41. The van der Waals surface area contributed by atoms with Crippen LogP contribution >= 0.6 is 0 Å². The molecule has 0 spiro atoms. The minimum Gasteiger partial charge on any atom is -0.463 e. The van der Waals surface area contributed by atoms with Crippen molar-refractivity contribution in [1.29, 1.82) is 0 Å². The summed E-state index contributed by atoms with van der Waals surface area (Å²) in [5.74, 6) is -1.49. The van der Waals surface area contributed by atoms with Crippen molar-refractivity contribution >= 4 is 18.0 Å². The lowest BCUT2D eigenvalue weighted by molar-refractivity contribution is -0.139. The summed E-state index contributed by atoms with van der Waals surface area (Å²) in [6.07, 6.45) is 0.435. The molecule has 1 aromatic rings. The van der Waals surface area contributed by atoms with Crippen LogP contribution in [0.4, 0.5) is 13.6 Å². The first-order chi connectivity index (χ1) is 13.3. The highest BCUT2D eigenvalue weighted by Gasteiger charge is 2.32. The summed E-state index contributed by atoms with van der Waals surface area (Å²) in [4.78, 5) is 36.2. The molecule has 1 aliphatic heterocycles. The Balaban J connectivity index is 2.13. The van der Waals surface area contributed by atoms with E-state index in [2.05, 4.69) is 15.4 Å². The van der Waals surface area contributed by atoms with Gasteiger partial charge in [-0.15, -0.1) is 0 Å². The molecule has 28 heavy (non-hydrogen) atoms. The van der Waals surface area contributed by atoms with Gasteiger partial charge in [0.15, 0.2) is 0 Å². The van der Waals surface area contributed by atoms with Gasteiger partial charge in [-0.05, 0) is 37.6 Å². The Labute approximate surface area is 159 Å². The van der Waals surface area contributed by atoms with Crippen LogP contribution < -0.4 is 15.4 Å². The van der Waals surface area contributed by atoms with Crippen LogP contribution in [0.1, 0.15) is 30.6 Å². The molecule has 0 unspecified atom stereocenters. The van der Waals surface area contributed by atoms with Crippen molar-refractivity contribution in [3.05, 3.63) is 41.1 Å². The second-order valence-corrected chi connectivity index (χ2v) is 5.65. The number of hydrogen-bond acceptors (Lipinski definition) is 6. The number of alkyl halides is 2. The van der Waals surface area contributed by atoms with Crippen molar-refractivity contribution in [2.75, 3.05) is 13.2 Å². The molecule has 10 heteroatoms. The van der Waals surface area contributed by atoms with Crippen LogP contribution in [0, 0.1) is 0 Å². The highest BCUT2D eigenvalue weighted by atomic mass is 19.3. The van der Waals surface area contributed by atoms with Crippen molar-refractivity contribution in [2.45, 2.75) is 32.9 Å². The zero-order chi connectivity index (χ0) is 20.7. The molecular formula is C18H20F2N2O6. The van der Waals surface area contributed by atoms with E-state index in [0.717, 1.165) is 0 Å². The summed E-state index contributed by atoms with van der Waals surface area (Å²) in [5, 5.41) is 5.06. The van der Waals surface area contributed by atoms with Gasteiger partial charge in [0, 0.05) is 0 Å². The number of halogens is 2. The molecule has 1 aliphatic rings. The average Bonchev–Trinajstić information content (AvgIpc) is 2.65. The monoisotopic (exact) mass is 398 g/mol. The molecular weight excluding hydrogens is 378 g/mol. The van der Waals surface area contributed by atoms with Crippen molar-refractivity contribution in [1.82, 2.24) is 10.6 Å². The van der Waals surface area contributed by atoms with Crippen LogP contribution in [0.15, 0.2) is 35.5 Å². The zero-order valence-electron chi connectivity index (χ0n) is 15.3. The third-order valence-electron chi connectivity index (χ3n) is 3.81. The number of hydrogen-bond donors (Lipinski definition) is 2. The fraction of sp³-hybridized carbons (Fsp3) is 0.389. The van der Waals surface area contributed by atoms with E-state index >= 15 is 0 Å². The fourth-order valence-corrected chi connectivity index (χ4v) is 2.57. The van der Waals surface area contributed by atoms with E-state index in [9.17, 15) is 23.2 Å². The Kier molecular flexibility index (Phi) is 7.30. The van der Waals surface area contributed by atoms with Gasteiger partial charge in [-0.2, -0.15) is 8.78 Å². The second-order valence-electron chi connectivity index (χ2n) is 5.65. The van der Waals surface area contributed by atoms with Crippen LogP contribution in [0.2, 0.25) is 0 Å². The van der Waals surface area contributed by atoms with Crippen LogP contribution in [0.5, 0.6) is 5.75 Å². The Morgan fingerprint density at radius 2 is 1.79 bits per heavy atom. The number of ether oxygens (including phenoxy) is 3. The molecule has 0 saturated carbocycles. The number of amides is 2. The average molecular weight is 398 g/mol. The van der Waals surface area contributed by atoms with Gasteiger partial charge in [-0.3, -0.25) is 0 Å². The van der Waals surface area contributed by atoms with Gasteiger partial charge in [0.2, 0.25) is 0 Å². The van der Waals surface area contributed by atoms with Crippen molar-refractivity contribution in [3.63, 3.8) is 0 Å². The van der Waals surface area contributed by atoms with Gasteiger partial charge in [0.1, 0.15) is 12.4 Å². The molecule has 0 aliphatic carbocycles. The molecule has 0 fully saturated rings. The molecule has 8 nitrogen and oxygen atoms in total. The normalized spacial score (nSPS) is 16.3. The number of esters is 2. The number of nitrogens with one attached hydrogen (secondary N) is 2. The number of carbonyl (C=O) groups is 3. The molecule has 0 bridgehead atoms. The first kappa shape index (κ1) is 21.1. The van der Waals surface area contributed by atoms with Gasteiger partial charge in [-0.25, -0.2) is 14.4 Å². The molecule has 0 saturated heterocycles. The fourth-order valence-electron chi connectivity index (χ4n) is 2.57. The van der Waals surface area contributed by atoms with Crippen molar-refractivity contribution in [3.8, 4) is 5.75 Å². The van der Waals surface area contributed by atoms with E-state index in [1.54, 1.807) is 13.8 Å². The summed E-state index contributed by atoms with van der Waals surface area (Å²) in [6, 6.07) is 3.82. The van der Waals surface area contributed by atoms with Crippen LogP contribution in [-0.4, -0.2) is 43.8 Å². The molecule has 1 heterocycles. The number of carbonyl (C=O) groups excluding carboxylic acids is 3. The Morgan fingerprint density at radius 3 is 2.36 bits per heavy atom. The minimum atomic E-state index is -2.97. The number of rotatable bonds is 8. The van der Waals surface area contributed by atoms with Gasteiger partial charge < -0.3 is 24.8 Å². The summed E-state index contributed by atoms with van der Waals surface area (Å²) < 4.78 is 38.7. The number of benzene rings is 1. The standard InChI is InChI=1S/C18H20F2N2O6/c1-3-12-14(16(24)26-4-2)13(22-18(25)21-12)9-27-15(23)10-5-7-11(8-6-10)28-17(19)20/h5-8,12,17H,3-4,9H2,1-2H3,(H2,21,22,25)/t12-/m1/s1. The smallest absolute Gasteiger partial charge is 0.387 e. The molecule has 0 radical (unpaired) electrons. The summed E-state index contributed by atoms with van der Waals surface area (Å²) in [7, 11) is 0. The Hall–Kier alpha value is -3.17. The van der Waals surface area contributed by atoms with E-state index < -0.39 is 30.6 Å². The van der Waals surface area contributed by atoms with Crippen molar-refractivity contribution < 1.29 is 37.4 Å². The van der Waals surface area contributed by atoms with Crippen LogP contribution in [-0.2, 0) is 14.3 Å². The zero-order valence-corrected chi connectivity index (χ0v) is 15.3. The maximum atomic E-state index is 12.2. The van der Waals surface area contributed by atoms with Crippen molar-refractivity contribution in [2.24, 2.45) is 0 Å². The first-order valence-electron chi connectivity index (χ1n) is 8.55. The van der Waals surface area contributed by atoms with Crippen LogP contribution in [0.3, 0.4) is 0 Å². The molecule has 2 rings (SSSR count). The van der Waals surface area contributed by atoms with Gasteiger partial charge >= 0.3 is 24.6 Å². The molecule has 0 aromatic heterocycles. The van der Waals surface area contributed by atoms with Gasteiger partial charge in [-0.1, -0.05) is 6.92 Å². The molecule has 1 aromatic carbocycles. The maximum Gasteiger partial charge on any atom is 0.387 e. The number of urea groups is 1. The largest absolute Gasteiger partial charge is 0.463 e. The maximum absolute atomic E-state index is 12.2. The first-order valence-corrected chi connectivity index (χ1v) is 8.55. The second kappa shape index (κ2) is 9.67. The topological polar surface area (TPSA) is 103 Å². The molecule has 2 amide bonds. The van der Waals surface area contributed by atoms with E-state index in [0.29, 0.717) is 6.42 Å². The predicted molar refractivity (Wildman–Crippen MR) is 92.8 cm³/mol. The highest BCUT2D eigenvalue weighted by molar-refractivity contribution is 5.95. The van der Waals surface area contributed by atoms with E-state index in [1.807, 2.05) is 0 Å². The lowest BCUT2D eigenvalue weighted by atomic mass is 10.0. The lowest BCUT2D eigenvalue weighted by Gasteiger charge is -2.28. The van der Waals surface area contributed by atoms with Gasteiger partial charge in [0.05, 0.1) is 29.5 Å². The lowest BCUT2D eigenvalue weighted by Crippen LogP contribution is -2.51. The molecule has 2 N–H and O–H groups in total. The third-order valence-corrected chi connectivity index (χ3v) is 3.81. The van der Waals surface area contributed by atoms with E-state index in [4.69, 9.17) is 9.47 Å². The summed E-state index contributed by atoms with van der Waals surface area (Å²) >= 11 is 0. The van der Waals surface area contributed by atoms with E-state index in [-0.39, 0.29) is 35.8 Å². The molecule has 1 atom stereocenters. The minimum absolute atomic E-state index is 0.0900. The summed E-state index contributed by atoms with van der Waals surface area (Å²) in [5.41, 5.74) is 0.393. The van der Waals surface area contributed by atoms with Crippen LogP contribution in [0.25, 0.3) is 0 Å². The van der Waals surface area contributed by atoms with E-state index in [1.165, 1.54) is 24.3 Å². The molecule has 152 valence electrons. The summed E-state index contributed by atoms with van der Waals surface area (Å²) in [6.45, 7) is 0.234. The predicted octanol–water partition coefficient (Wildman–Crippen LogP) is 2.35. The Morgan fingerprint density at radius 1 is 1.11 bits per heavy atom. The highest BCUT2D eigenvalue weighted by Crippen LogP contribution is 2.19. The Bertz CT molecular complexity index is 764. The quantitative estimate of drug-likeness (QED) is 0.652.